The number of methoxy groups -OCH3 is 1. The second-order valence-corrected chi connectivity index (χ2v) is 6.96. The summed E-state index contributed by atoms with van der Waals surface area (Å²) in [6.07, 6.45) is 0. The number of carbonyl (C=O) groups is 1. The van der Waals surface area contributed by atoms with Crippen LogP contribution in [0.5, 0.6) is 11.5 Å². The Hall–Kier alpha value is -3.28. The number of aromatic nitrogens is 1. The minimum Gasteiger partial charge on any atom is -0.493 e. The molecule has 0 amide bonds. The average Bonchev–Trinajstić information content (AvgIpc) is 3.04. The molecule has 2 aromatic carbocycles. The van der Waals surface area contributed by atoms with Crippen LogP contribution in [0, 0.1) is 27.7 Å². The number of benzene rings is 2. The van der Waals surface area contributed by atoms with E-state index in [0.717, 1.165) is 27.9 Å². The van der Waals surface area contributed by atoms with Gasteiger partial charge in [0, 0.05) is 0 Å². The van der Waals surface area contributed by atoms with E-state index in [1.165, 1.54) is 7.11 Å². The molecule has 0 aliphatic heterocycles. The number of aryl methyl sites for hydroxylation is 4. The predicted octanol–water partition coefficient (Wildman–Crippen LogP) is 4.85. The lowest BCUT2D eigenvalue weighted by molar-refractivity contribution is 0.0471. The van der Waals surface area contributed by atoms with E-state index in [0.29, 0.717) is 29.4 Å². The van der Waals surface area contributed by atoms with Gasteiger partial charge in [-0.2, -0.15) is 0 Å². The van der Waals surface area contributed by atoms with Crippen LogP contribution in [0.1, 0.15) is 44.1 Å². The Labute approximate surface area is 170 Å². The zero-order chi connectivity index (χ0) is 21.0. The number of hydrogen-bond acceptors (Lipinski definition) is 6. The lowest BCUT2D eigenvalue weighted by Gasteiger charge is -2.13. The number of carbonyl (C=O) groups excluding carboxylic acids is 1. The summed E-state index contributed by atoms with van der Waals surface area (Å²) in [4.78, 5) is 12.5. The highest BCUT2D eigenvalue weighted by atomic mass is 16.5. The standard InChI is InChI=1S/C23H25NO5/c1-14-6-7-15(2)19(10-14)12-28-23(25)18-8-9-21(22(11-18)26-5)27-13-20-16(3)24-29-17(20)4/h6-11H,12-13H2,1-5H3. The first-order valence-corrected chi connectivity index (χ1v) is 9.35. The minimum atomic E-state index is -0.415. The molecular formula is C23H25NO5. The van der Waals surface area contributed by atoms with Gasteiger partial charge in [0.2, 0.25) is 0 Å². The molecule has 0 radical (unpaired) electrons. The van der Waals surface area contributed by atoms with Crippen molar-refractivity contribution in [1.29, 1.82) is 0 Å². The summed E-state index contributed by atoms with van der Waals surface area (Å²) >= 11 is 0. The molecule has 3 aromatic rings. The van der Waals surface area contributed by atoms with Crippen LogP contribution in [0.15, 0.2) is 40.9 Å². The Morgan fingerprint density at radius 1 is 1.00 bits per heavy atom. The molecule has 0 saturated heterocycles. The molecule has 29 heavy (non-hydrogen) atoms. The van der Waals surface area contributed by atoms with Gasteiger partial charge in [-0.25, -0.2) is 4.79 Å². The molecule has 3 rings (SSSR count). The molecule has 0 fully saturated rings. The SMILES string of the molecule is COc1cc(C(=O)OCc2cc(C)ccc2C)ccc1OCc1c(C)noc1C. The van der Waals surface area contributed by atoms with Gasteiger partial charge in [0.05, 0.1) is 23.9 Å². The number of nitrogens with zero attached hydrogens (tertiary/aromatic N) is 1. The smallest absolute Gasteiger partial charge is 0.338 e. The van der Waals surface area contributed by atoms with E-state index in [1.54, 1.807) is 18.2 Å². The van der Waals surface area contributed by atoms with Crippen molar-refractivity contribution in [1.82, 2.24) is 5.16 Å². The summed E-state index contributed by atoms with van der Waals surface area (Å²) in [6.45, 7) is 8.23. The monoisotopic (exact) mass is 395 g/mol. The van der Waals surface area contributed by atoms with Crippen molar-refractivity contribution in [2.75, 3.05) is 7.11 Å². The van der Waals surface area contributed by atoms with E-state index in [4.69, 9.17) is 18.7 Å². The molecule has 0 aliphatic rings. The highest BCUT2D eigenvalue weighted by Gasteiger charge is 2.15. The van der Waals surface area contributed by atoms with Crippen molar-refractivity contribution < 1.29 is 23.5 Å². The maximum atomic E-state index is 12.5. The van der Waals surface area contributed by atoms with E-state index in [9.17, 15) is 4.79 Å². The maximum Gasteiger partial charge on any atom is 0.338 e. The van der Waals surface area contributed by atoms with Gasteiger partial charge in [-0.1, -0.05) is 28.9 Å². The van der Waals surface area contributed by atoms with Crippen molar-refractivity contribution in [2.24, 2.45) is 0 Å². The summed E-state index contributed by atoms with van der Waals surface area (Å²) in [6, 6.07) is 11.1. The molecule has 0 saturated carbocycles. The fraction of sp³-hybridized carbons (Fsp3) is 0.304. The third-order valence-corrected chi connectivity index (χ3v) is 4.82. The van der Waals surface area contributed by atoms with E-state index in [1.807, 2.05) is 45.9 Å². The Bertz CT molecular complexity index is 1000. The molecule has 1 heterocycles. The van der Waals surface area contributed by atoms with Crippen molar-refractivity contribution in [3.63, 3.8) is 0 Å². The highest BCUT2D eigenvalue weighted by Crippen LogP contribution is 2.30. The Morgan fingerprint density at radius 3 is 2.48 bits per heavy atom. The maximum absolute atomic E-state index is 12.5. The predicted molar refractivity (Wildman–Crippen MR) is 108 cm³/mol. The van der Waals surface area contributed by atoms with Crippen LogP contribution < -0.4 is 9.47 Å². The zero-order valence-corrected chi connectivity index (χ0v) is 17.4. The third-order valence-electron chi connectivity index (χ3n) is 4.82. The topological polar surface area (TPSA) is 70.8 Å². The van der Waals surface area contributed by atoms with Crippen molar-refractivity contribution >= 4 is 5.97 Å². The van der Waals surface area contributed by atoms with Crippen LogP contribution in [-0.2, 0) is 18.0 Å². The van der Waals surface area contributed by atoms with Crippen molar-refractivity contribution in [3.8, 4) is 11.5 Å². The third kappa shape index (κ3) is 4.77. The fourth-order valence-electron chi connectivity index (χ4n) is 2.95. The van der Waals surface area contributed by atoms with Gasteiger partial charge in [0.1, 0.15) is 19.0 Å². The number of esters is 1. The van der Waals surface area contributed by atoms with Crippen LogP contribution in [0.25, 0.3) is 0 Å². The van der Waals surface area contributed by atoms with Gasteiger partial charge in [-0.05, 0) is 57.0 Å². The Morgan fingerprint density at radius 2 is 1.79 bits per heavy atom. The molecule has 0 bridgehead atoms. The Kier molecular flexibility index (Phi) is 6.22. The lowest BCUT2D eigenvalue weighted by Crippen LogP contribution is -2.07. The van der Waals surface area contributed by atoms with Gasteiger partial charge in [-0.3, -0.25) is 0 Å². The molecule has 6 nitrogen and oxygen atoms in total. The van der Waals surface area contributed by atoms with Crippen LogP contribution in [0.4, 0.5) is 0 Å². The molecule has 0 aliphatic carbocycles. The number of ether oxygens (including phenoxy) is 3. The fourth-order valence-corrected chi connectivity index (χ4v) is 2.95. The molecule has 0 N–H and O–H groups in total. The number of hydrogen-bond donors (Lipinski definition) is 0. The summed E-state index contributed by atoms with van der Waals surface area (Å²) in [5.74, 6) is 1.28. The van der Waals surface area contributed by atoms with Gasteiger partial charge in [0.15, 0.2) is 11.5 Å². The summed E-state index contributed by atoms with van der Waals surface area (Å²) in [7, 11) is 1.53. The van der Waals surface area contributed by atoms with Crippen LogP contribution in [-0.4, -0.2) is 18.2 Å². The minimum absolute atomic E-state index is 0.221. The average molecular weight is 395 g/mol. The van der Waals surface area contributed by atoms with Gasteiger partial charge in [-0.15, -0.1) is 0 Å². The van der Waals surface area contributed by atoms with Crippen LogP contribution in [0.3, 0.4) is 0 Å². The van der Waals surface area contributed by atoms with E-state index < -0.39 is 5.97 Å². The molecule has 0 unspecified atom stereocenters. The molecule has 1 aromatic heterocycles. The summed E-state index contributed by atoms with van der Waals surface area (Å²) < 4.78 is 21.9. The first kappa shape index (κ1) is 20.5. The summed E-state index contributed by atoms with van der Waals surface area (Å²) in [5, 5.41) is 3.92. The molecule has 0 spiro atoms. The largest absolute Gasteiger partial charge is 0.493 e. The molecular weight excluding hydrogens is 370 g/mol. The van der Waals surface area contributed by atoms with Crippen LogP contribution >= 0.6 is 0 Å². The van der Waals surface area contributed by atoms with Gasteiger partial charge >= 0.3 is 5.97 Å². The molecule has 0 atom stereocenters. The highest BCUT2D eigenvalue weighted by molar-refractivity contribution is 5.90. The second kappa shape index (κ2) is 8.82. The normalized spacial score (nSPS) is 10.7. The lowest BCUT2D eigenvalue weighted by atomic mass is 10.1. The van der Waals surface area contributed by atoms with E-state index in [-0.39, 0.29) is 6.61 Å². The summed E-state index contributed by atoms with van der Waals surface area (Å²) in [5.41, 5.74) is 5.28. The second-order valence-electron chi connectivity index (χ2n) is 6.96. The van der Waals surface area contributed by atoms with Gasteiger partial charge in [0.25, 0.3) is 0 Å². The van der Waals surface area contributed by atoms with Gasteiger partial charge < -0.3 is 18.7 Å². The van der Waals surface area contributed by atoms with Crippen LogP contribution in [0.2, 0.25) is 0 Å². The first-order valence-electron chi connectivity index (χ1n) is 9.35. The zero-order valence-electron chi connectivity index (χ0n) is 17.4. The molecule has 152 valence electrons. The van der Waals surface area contributed by atoms with E-state index >= 15 is 0 Å². The van der Waals surface area contributed by atoms with Crippen molar-refractivity contribution in [3.05, 3.63) is 75.7 Å². The van der Waals surface area contributed by atoms with E-state index in [2.05, 4.69) is 5.16 Å². The molecule has 6 heteroatoms. The Balaban J connectivity index is 1.69. The first-order chi connectivity index (χ1) is 13.9. The van der Waals surface area contributed by atoms with Crippen molar-refractivity contribution in [2.45, 2.75) is 40.9 Å². The quantitative estimate of drug-likeness (QED) is 0.533. The number of rotatable bonds is 7.